The molecule has 1 heterocycles. The van der Waals surface area contributed by atoms with Crippen molar-refractivity contribution in [2.45, 2.75) is 38.3 Å². The van der Waals surface area contributed by atoms with Crippen molar-refractivity contribution < 1.29 is 9.59 Å². The van der Waals surface area contributed by atoms with E-state index in [1.165, 1.54) is 12.8 Å². The molecule has 0 aromatic carbocycles. The second-order valence-corrected chi connectivity index (χ2v) is 4.62. The van der Waals surface area contributed by atoms with E-state index in [1.54, 1.807) is 6.92 Å². The molecule has 4 N–H and O–H groups in total. The lowest BCUT2D eigenvalue weighted by atomic mass is 10.0. The number of likely N-dealkylation sites (N-methyl/N-ethyl adjacent to an activating group) is 1. The predicted octanol–water partition coefficient (Wildman–Crippen LogP) is -0.356. The minimum Gasteiger partial charge on any atom is -0.351 e. The summed E-state index contributed by atoms with van der Waals surface area (Å²) in [5.41, 5.74) is 4.91. The third-order valence-electron chi connectivity index (χ3n) is 3.21. The van der Waals surface area contributed by atoms with Crippen molar-refractivity contribution in [3.63, 3.8) is 0 Å². The van der Waals surface area contributed by atoms with Crippen molar-refractivity contribution in [3.05, 3.63) is 0 Å². The van der Waals surface area contributed by atoms with Crippen LogP contribution in [0.4, 0.5) is 4.79 Å². The Labute approximate surface area is 102 Å². The Morgan fingerprint density at radius 1 is 1.53 bits per heavy atom. The van der Waals surface area contributed by atoms with Gasteiger partial charge in [0.15, 0.2) is 0 Å². The van der Waals surface area contributed by atoms with Crippen molar-refractivity contribution in [1.29, 1.82) is 0 Å². The molecule has 98 valence electrons. The molecule has 2 unspecified atom stereocenters. The number of rotatable bonds is 4. The highest BCUT2D eigenvalue weighted by Crippen LogP contribution is 2.09. The van der Waals surface area contributed by atoms with Crippen molar-refractivity contribution in [2.24, 2.45) is 5.73 Å². The Morgan fingerprint density at radius 3 is 2.76 bits per heavy atom. The number of imide groups is 1. The summed E-state index contributed by atoms with van der Waals surface area (Å²) in [6.45, 7) is 3.61. The summed E-state index contributed by atoms with van der Waals surface area (Å²) in [6.07, 6.45) is 3.58. The smallest absolute Gasteiger partial charge is 0.318 e. The number of carbonyl (C=O) groups is 2. The third-order valence-corrected chi connectivity index (χ3v) is 3.21. The summed E-state index contributed by atoms with van der Waals surface area (Å²) in [5.74, 6) is -0.351. The molecule has 3 amide bonds. The molecular weight excluding hydrogens is 220 g/mol. The molecule has 17 heavy (non-hydrogen) atoms. The van der Waals surface area contributed by atoms with Crippen molar-refractivity contribution in [3.8, 4) is 0 Å². The number of hydrogen-bond donors (Lipinski definition) is 3. The van der Waals surface area contributed by atoms with E-state index in [4.69, 9.17) is 5.73 Å². The van der Waals surface area contributed by atoms with Crippen molar-refractivity contribution >= 4 is 11.9 Å². The highest BCUT2D eigenvalue weighted by molar-refractivity contribution is 5.96. The fourth-order valence-electron chi connectivity index (χ4n) is 2.01. The van der Waals surface area contributed by atoms with Crippen LogP contribution in [0.25, 0.3) is 0 Å². The number of nitrogens with zero attached hydrogens (tertiary/aromatic N) is 1. The lowest BCUT2D eigenvalue weighted by Gasteiger charge is -2.30. The fraction of sp³-hybridized carbons (Fsp3) is 0.818. The first-order valence-electron chi connectivity index (χ1n) is 6.04. The minimum absolute atomic E-state index is 0.351. The van der Waals surface area contributed by atoms with Gasteiger partial charge in [0.05, 0.1) is 6.04 Å². The van der Waals surface area contributed by atoms with Gasteiger partial charge >= 0.3 is 6.03 Å². The molecule has 0 spiro atoms. The van der Waals surface area contributed by atoms with Crippen LogP contribution in [0.2, 0.25) is 0 Å². The number of nitrogens with one attached hydrogen (secondary N) is 2. The Balaban J connectivity index is 2.37. The largest absolute Gasteiger partial charge is 0.351 e. The second kappa shape index (κ2) is 6.56. The molecule has 0 saturated carbocycles. The summed E-state index contributed by atoms with van der Waals surface area (Å²) >= 11 is 0. The van der Waals surface area contributed by atoms with Gasteiger partial charge in [-0.1, -0.05) is 6.42 Å². The summed E-state index contributed by atoms with van der Waals surface area (Å²) in [7, 11) is 1.88. The average molecular weight is 242 g/mol. The number of piperidine rings is 1. The van der Waals surface area contributed by atoms with Crippen LogP contribution in [0, 0.1) is 0 Å². The topological polar surface area (TPSA) is 87.5 Å². The van der Waals surface area contributed by atoms with Gasteiger partial charge in [0.1, 0.15) is 0 Å². The number of primary amides is 1. The monoisotopic (exact) mass is 242 g/mol. The number of urea groups is 1. The standard InChI is InChI=1S/C11H22N4O2/c1-8(10(16)14-11(12)17)15(2)7-9-5-3-4-6-13-9/h8-9,13H,3-7H2,1-2H3,(H3,12,14,16,17). The van der Waals surface area contributed by atoms with Crippen LogP contribution in [-0.2, 0) is 4.79 Å². The van der Waals surface area contributed by atoms with Gasteiger partial charge < -0.3 is 11.1 Å². The van der Waals surface area contributed by atoms with E-state index in [0.29, 0.717) is 6.04 Å². The van der Waals surface area contributed by atoms with E-state index in [2.05, 4.69) is 10.6 Å². The predicted molar refractivity (Wildman–Crippen MR) is 65.5 cm³/mol. The van der Waals surface area contributed by atoms with Crippen molar-refractivity contribution in [1.82, 2.24) is 15.5 Å². The SMILES string of the molecule is CC(C(=O)NC(N)=O)N(C)CC1CCCCN1. The lowest BCUT2D eigenvalue weighted by molar-refractivity contribution is -0.124. The van der Waals surface area contributed by atoms with E-state index in [-0.39, 0.29) is 11.9 Å². The maximum Gasteiger partial charge on any atom is 0.318 e. The fourth-order valence-corrected chi connectivity index (χ4v) is 2.01. The van der Waals surface area contributed by atoms with Crippen LogP contribution in [-0.4, -0.2) is 49.1 Å². The van der Waals surface area contributed by atoms with E-state index in [9.17, 15) is 9.59 Å². The molecule has 6 heteroatoms. The molecule has 0 aromatic rings. The van der Waals surface area contributed by atoms with E-state index in [1.807, 2.05) is 11.9 Å². The number of amides is 3. The second-order valence-electron chi connectivity index (χ2n) is 4.62. The van der Waals surface area contributed by atoms with Gasteiger partial charge in [-0.05, 0) is 33.4 Å². The maximum absolute atomic E-state index is 11.6. The van der Waals surface area contributed by atoms with E-state index >= 15 is 0 Å². The molecule has 6 nitrogen and oxygen atoms in total. The maximum atomic E-state index is 11.6. The van der Waals surface area contributed by atoms with Crippen LogP contribution < -0.4 is 16.4 Å². The van der Waals surface area contributed by atoms with Crippen LogP contribution in [0.15, 0.2) is 0 Å². The highest BCUT2D eigenvalue weighted by atomic mass is 16.2. The molecule has 0 aromatic heterocycles. The third kappa shape index (κ3) is 4.70. The Hall–Kier alpha value is -1.14. The zero-order valence-electron chi connectivity index (χ0n) is 10.5. The summed E-state index contributed by atoms with van der Waals surface area (Å²) < 4.78 is 0. The van der Waals surface area contributed by atoms with Crippen LogP contribution >= 0.6 is 0 Å². The molecule has 1 fully saturated rings. The number of nitrogens with two attached hydrogens (primary N) is 1. The Bertz CT molecular complexity index is 277. The Morgan fingerprint density at radius 2 is 2.24 bits per heavy atom. The highest BCUT2D eigenvalue weighted by Gasteiger charge is 2.22. The first kappa shape index (κ1) is 13.9. The van der Waals surface area contributed by atoms with E-state index in [0.717, 1.165) is 19.5 Å². The molecular formula is C11H22N4O2. The van der Waals surface area contributed by atoms with Gasteiger partial charge in [-0.2, -0.15) is 0 Å². The normalized spacial score (nSPS) is 22.2. The van der Waals surface area contributed by atoms with Crippen LogP contribution in [0.5, 0.6) is 0 Å². The average Bonchev–Trinajstić information content (AvgIpc) is 2.28. The quantitative estimate of drug-likeness (QED) is 0.628. The van der Waals surface area contributed by atoms with Crippen LogP contribution in [0.1, 0.15) is 26.2 Å². The van der Waals surface area contributed by atoms with Gasteiger partial charge in [0.25, 0.3) is 0 Å². The van der Waals surface area contributed by atoms with E-state index < -0.39 is 6.03 Å². The molecule has 0 bridgehead atoms. The first-order valence-corrected chi connectivity index (χ1v) is 6.04. The molecule has 1 saturated heterocycles. The lowest BCUT2D eigenvalue weighted by Crippen LogP contribution is -2.51. The molecule has 1 aliphatic heterocycles. The number of carbonyl (C=O) groups excluding carboxylic acids is 2. The van der Waals surface area contributed by atoms with Gasteiger partial charge in [0.2, 0.25) is 5.91 Å². The minimum atomic E-state index is -0.800. The summed E-state index contributed by atoms with van der Waals surface area (Å²) in [5, 5.41) is 5.52. The van der Waals surface area contributed by atoms with Gasteiger partial charge in [-0.15, -0.1) is 0 Å². The molecule has 1 aliphatic rings. The van der Waals surface area contributed by atoms with Crippen LogP contribution in [0.3, 0.4) is 0 Å². The van der Waals surface area contributed by atoms with Gasteiger partial charge in [-0.3, -0.25) is 15.0 Å². The zero-order chi connectivity index (χ0) is 12.8. The molecule has 0 radical (unpaired) electrons. The van der Waals surface area contributed by atoms with Gasteiger partial charge in [0, 0.05) is 12.6 Å². The Kier molecular flexibility index (Phi) is 5.37. The summed E-state index contributed by atoms with van der Waals surface area (Å²) in [4.78, 5) is 24.1. The molecule has 0 aliphatic carbocycles. The summed E-state index contributed by atoms with van der Waals surface area (Å²) in [6, 6.07) is -0.727. The first-order chi connectivity index (χ1) is 8.00. The molecule has 1 rings (SSSR count). The van der Waals surface area contributed by atoms with Crippen molar-refractivity contribution in [2.75, 3.05) is 20.1 Å². The number of hydrogen-bond acceptors (Lipinski definition) is 4. The molecule has 2 atom stereocenters. The van der Waals surface area contributed by atoms with Gasteiger partial charge in [-0.25, -0.2) is 4.79 Å². The zero-order valence-corrected chi connectivity index (χ0v) is 10.5.